The SMILES string of the molecule is [CH2]CCC(Cl)(Cl)C(=O)[C]1OC2CCCC(CCC2)S1. The van der Waals surface area contributed by atoms with Crippen LogP contribution in [0, 0.1) is 12.4 Å². The number of alkyl halides is 2. The largest absolute Gasteiger partial charge is 0.350 e. The van der Waals surface area contributed by atoms with Gasteiger partial charge in [0.25, 0.3) is 0 Å². The molecule has 5 heteroatoms. The molecule has 0 amide bonds. The molecular weight excluding hydrogens is 303 g/mol. The van der Waals surface area contributed by atoms with Gasteiger partial charge in [-0.1, -0.05) is 30.1 Å². The number of halogens is 2. The smallest absolute Gasteiger partial charge is 0.222 e. The Balaban J connectivity index is 2.08. The van der Waals surface area contributed by atoms with E-state index in [1.54, 1.807) is 0 Å². The number of ketones is 1. The maximum Gasteiger partial charge on any atom is 0.222 e. The van der Waals surface area contributed by atoms with Crippen molar-refractivity contribution in [3.63, 3.8) is 0 Å². The highest BCUT2D eigenvalue weighted by atomic mass is 35.5. The Bertz CT molecular complexity index is 299. The molecule has 0 spiro atoms. The van der Waals surface area contributed by atoms with Crippen LogP contribution in [0.5, 0.6) is 0 Å². The van der Waals surface area contributed by atoms with Gasteiger partial charge in [-0.15, -0.1) is 11.8 Å². The third-order valence-corrected chi connectivity index (χ3v) is 5.68. The summed E-state index contributed by atoms with van der Waals surface area (Å²) in [4.78, 5) is 12.4. The molecule has 3 aliphatic rings. The molecule has 2 bridgehead atoms. The number of rotatable bonds is 4. The van der Waals surface area contributed by atoms with Gasteiger partial charge >= 0.3 is 0 Å². The first-order chi connectivity index (χ1) is 9.03. The van der Waals surface area contributed by atoms with Crippen molar-refractivity contribution in [3.8, 4) is 0 Å². The van der Waals surface area contributed by atoms with E-state index in [9.17, 15) is 4.79 Å². The van der Waals surface area contributed by atoms with Crippen LogP contribution in [0.2, 0.25) is 0 Å². The molecule has 0 unspecified atom stereocenters. The minimum atomic E-state index is -1.39. The first kappa shape index (κ1) is 15.9. The van der Waals surface area contributed by atoms with Gasteiger partial charge < -0.3 is 4.74 Å². The van der Waals surface area contributed by atoms with Crippen molar-refractivity contribution >= 4 is 40.7 Å². The number of hydrogen-bond donors (Lipinski definition) is 0. The van der Waals surface area contributed by atoms with Gasteiger partial charge in [0.15, 0.2) is 4.33 Å². The van der Waals surface area contributed by atoms with Crippen LogP contribution in [0.25, 0.3) is 0 Å². The van der Waals surface area contributed by atoms with Crippen LogP contribution in [0.1, 0.15) is 51.4 Å². The minimum Gasteiger partial charge on any atom is -0.350 e. The third-order valence-electron chi connectivity index (χ3n) is 3.66. The molecule has 2 heterocycles. The van der Waals surface area contributed by atoms with Crippen molar-refractivity contribution in [2.24, 2.45) is 0 Å². The molecule has 3 fully saturated rings. The van der Waals surface area contributed by atoms with E-state index >= 15 is 0 Å². The Kier molecular flexibility index (Phi) is 5.89. The van der Waals surface area contributed by atoms with E-state index in [2.05, 4.69) is 6.92 Å². The van der Waals surface area contributed by atoms with Gasteiger partial charge in [-0.25, -0.2) is 0 Å². The minimum absolute atomic E-state index is 0.150. The van der Waals surface area contributed by atoms with Crippen LogP contribution in [-0.4, -0.2) is 21.5 Å². The summed E-state index contributed by atoms with van der Waals surface area (Å²) in [5.41, 5.74) is 0.424. The zero-order valence-corrected chi connectivity index (χ0v) is 13.3. The fourth-order valence-corrected chi connectivity index (χ4v) is 4.49. The van der Waals surface area contributed by atoms with E-state index in [0.29, 0.717) is 23.5 Å². The van der Waals surface area contributed by atoms with E-state index in [4.69, 9.17) is 27.9 Å². The predicted octanol–water partition coefficient (Wildman–Crippen LogP) is 4.69. The normalized spacial score (nSPS) is 29.6. The van der Waals surface area contributed by atoms with Crippen LogP contribution < -0.4 is 0 Å². The Morgan fingerprint density at radius 1 is 1.32 bits per heavy atom. The summed E-state index contributed by atoms with van der Waals surface area (Å²) in [5.74, 6) is -0.275. The predicted molar refractivity (Wildman–Crippen MR) is 81.2 cm³/mol. The molecule has 1 aliphatic carbocycles. The maximum atomic E-state index is 12.4. The lowest BCUT2D eigenvalue weighted by Crippen LogP contribution is -2.36. The molecule has 1 saturated carbocycles. The van der Waals surface area contributed by atoms with Crippen LogP contribution in [0.15, 0.2) is 0 Å². The summed E-state index contributed by atoms with van der Waals surface area (Å²) >= 11 is 13.8. The Morgan fingerprint density at radius 3 is 2.53 bits per heavy atom. The molecule has 2 aliphatic heterocycles. The fraction of sp³-hybridized carbons (Fsp3) is 0.786. The van der Waals surface area contributed by atoms with Crippen molar-refractivity contribution in [1.82, 2.24) is 0 Å². The fourth-order valence-electron chi connectivity index (χ4n) is 2.59. The molecule has 2 radical (unpaired) electrons. The number of ether oxygens (including phenoxy) is 1. The molecular formula is C14H20Cl2O2S. The van der Waals surface area contributed by atoms with Crippen LogP contribution in [0.3, 0.4) is 0 Å². The average molecular weight is 323 g/mol. The van der Waals surface area contributed by atoms with Gasteiger partial charge in [0.05, 0.1) is 6.10 Å². The molecule has 3 rings (SSSR count). The monoisotopic (exact) mass is 322 g/mol. The lowest BCUT2D eigenvalue weighted by Gasteiger charge is -2.34. The summed E-state index contributed by atoms with van der Waals surface area (Å²) < 4.78 is 4.51. The van der Waals surface area contributed by atoms with E-state index < -0.39 is 4.33 Å². The Hall–Kier alpha value is 0.560. The van der Waals surface area contributed by atoms with Gasteiger partial charge in [0, 0.05) is 5.25 Å². The standard InChI is InChI=1S/C14H20Cl2O2S/c1-2-9-14(15,16)12(17)13-18-10-5-3-7-11(19-13)8-4-6-10/h10-11H,1-9H2. The van der Waals surface area contributed by atoms with Crippen LogP contribution >= 0.6 is 35.0 Å². The zero-order valence-electron chi connectivity index (χ0n) is 11.0. The van der Waals surface area contributed by atoms with Crippen molar-refractivity contribution in [3.05, 3.63) is 12.4 Å². The quantitative estimate of drug-likeness (QED) is 0.702. The average Bonchev–Trinajstić information content (AvgIpc) is 2.25. The molecule has 0 aromatic rings. The summed E-state index contributed by atoms with van der Waals surface area (Å²) in [6, 6.07) is 0. The Morgan fingerprint density at radius 2 is 1.95 bits per heavy atom. The van der Waals surface area contributed by atoms with E-state index in [-0.39, 0.29) is 11.9 Å². The van der Waals surface area contributed by atoms with Gasteiger partial charge in [-0.05, 0) is 51.4 Å². The van der Waals surface area contributed by atoms with Crippen molar-refractivity contribution in [2.45, 2.75) is 67.1 Å². The second-order valence-corrected chi connectivity index (χ2v) is 8.02. The number of carbonyl (C=O) groups is 1. The van der Waals surface area contributed by atoms with Gasteiger partial charge in [0.2, 0.25) is 11.2 Å². The van der Waals surface area contributed by atoms with Gasteiger partial charge in [0.1, 0.15) is 0 Å². The lowest BCUT2D eigenvalue weighted by atomic mass is 9.98. The highest BCUT2D eigenvalue weighted by molar-refractivity contribution is 8.03. The number of thioether (sulfide) groups is 1. The maximum absolute atomic E-state index is 12.4. The molecule has 0 atom stereocenters. The highest BCUT2D eigenvalue weighted by Crippen LogP contribution is 2.44. The molecule has 0 aromatic heterocycles. The Labute approximate surface area is 129 Å². The highest BCUT2D eigenvalue weighted by Gasteiger charge is 2.43. The second kappa shape index (κ2) is 7.02. The summed E-state index contributed by atoms with van der Waals surface area (Å²) in [7, 11) is 0. The van der Waals surface area contributed by atoms with E-state index in [1.165, 1.54) is 24.6 Å². The number of carbonyl (C=O) groups excluding carboxylic acids is 1. The van der Waals surface area contributed by atoms with Crippen LogP contribution in [-0.2, 0) is 9.53 Å². The van der Waals surface area contributed by atoms with Crippen molar-refractivity contribution in [1.29, 1.82) is 0 Å². The van der Waals surface area contributed by atoms with E-state index in [0.717, 1.165) is 25.7 Å². The van der Waals surface area contributed by atoms with Crippen LogP contribution in [0.4, 0.5) is 0 Å². The van der Waals surface area contributed by atoms with Crippen molar-refractivity contribution in [2.75, 3.05) is 0 Å². The molecule has 19 heavy (non-hydrogen) atoms. The van der Waals surface area contributed by atoms with Gasteiger partial charge in [-0.2, -0.15) is 0 Å². The summed E-state index contributed by atoms with van der Waals surface area (Å²) in [6.07, 6.45) is 7.74. The topological polar surface area (TPSA) is 26.3 Å². The molecule has 2 nitrogen and oxygen atoms in total. The number of hydrogen-bond acceptors (Lipinski definition) is 3. The first-order valence-electron chi connectivity index (χ1n) is 6.95. The van der Waals surface area contributed by atoms with E-state index in [1.807, 2.05) is 0 Å². The summed E-state index contributed by atoms with van der Waals surface area (Å²) in [5, 5.41) is 0.462. The molecule has 108 valence electrons. The van der Waals surface area contributed by atoms with Gasteiger partial charge in [-0.3, -0.25) is 4.79 Å². The number of Topliss-reactive ketones (excluding diaryl/α,β-unsaturated/α-hetero) is 1. The number of fused-ring (bicyclic) bond motifs is 6. The molecule has 0 aromatic carbocycles. The zero-order chi connectivity index (χ0) is 13.9. The first-order valence-corrected chi connectivity index (χ1v) is 8.58. The third kappa shape index (κ3) is 4.26. The van der Waals surface area contributed by atoms with Crippen molar-refractivity contribution < 1.29 is 9.53 Å². The lowest BCUT2D eigenvalue weighted by molar-refractivity contribution is -0.123. The summed E-state index contributed by atoms with van der Waals surface area (Å²) in [6.45, 7) is 3.71. The molecule has 0 N–H and O–H groups in total. The second-order valence-electron chi connectivity index (χ2n) is 5.27. The molecule has 2 saturated heterocycles.